The SMILES string of the molecule is CCCCCCCc1cc(Cc2ccc(Cc3ccc(Cc4ccc(Cc5ccc(N)cc5)c(CCCCCCC)c4)cc3)cc2)ccc1Cc1ccc(N)cc1. The minimum Gasteiger partial charge on any atom is -0.399 e. The summed E-state index contributed by atoms with van der Waals surface area (Å²) < 4.78 is 0. The predicted octanol–water partition coefficient (Wildman–Crippen LogP) is 13.8. The maximum Gasteiger partial charge on any atom is 0.0314 e. The molecule has 0 atom stereocenters. The van der Waals surface area contributed by atoms with Crippen molar-refractivity contribution in [2.75, 3.05) is 11.5 Å². The van der Waals surface area contributed by atoms with Crippen LogP contribution in [0.4, 0.5) is 11.4 Å². The zero-order chi connectivity index (χ0) is 39.7. The molecular weight excluding hydrogens is 689 g/mol. The van der Waals surface area contributed by atoms with Crippen molar-refractivity contribution >= 4 is 11.4 Å². The molecule has 0 radical (unpaired) electrons. The van der Waals surface area contributed by atoms with E-state index in [9.17, 15) is 0 Å². The van der Waals surface area contributed by atoms with Gasteiger partial charge in [-0.1, -0.05) is 174 Å². The third kappa shape index (κ3) is 13.5. The van der Waals surface area contributed by atoms with E-state index in [1.54, 1.807) is 0 Å². The summed E-state index contributed by atoms with van der Waals surface area (Å²) in [6.45, 7) is 4.57. The van der Waals surface area contributed by atoms with Crippen LogP contribution in [0, 0.1) is 0 Å². The van der Waals surface area contributed by atoms with E-state index >= 15 is 0 Å². The molecule has 2 nitrogen and oxygen atoms in total. The lowest BCUT2D eigenvalue weighted by molar-refractivity contribution is 0.631. The molecule has 0 saturated heterocycles. The zero-order valence-corrected chi connectivity index (χ0v) is 34.9. The minimum atomic E-state index is 0.825. The van der Waals surface area contributed by atoms with E-state index in [1.165, 1.54) is 131 Å². The lowest BCUT2D eigenvalue weighted by Gasteiger charge is -2.14. The standard InChI is InChI=1S/C55H66N2/c1-3-5-7-9-11-13-50-40-48(23-29-52(50)38-46-25-31-54(56)32-26-46)36-44-19-15-42(16-20-44)35-43-17-21-45(22-18-43)37-49-24-30-53(39-47-27-33-55(57)34-28-47)51(41-49)14-12-10-8-6-4-2/h15-34,40-41H,3-14,35-39,56-57H2,1-2H3. The number of nitrogens with two attached hydrogens (primary N) is 2. The summed E-state index contributed by atoms with van der Waals surface area (Å²) >= 11 is 0. The van der Waals surface area contributed by atoms with Gasteiger partial charge in [0.2, 0.25) is 0 Å². The molecule has 57 heavy (non-hydrogen) atoms. The number of nitrogen functional groups attached to an aromatic ring is 2. The fraction of sp³-hybridized carbons (Fsp3) is 0.345. The Morgan fingerprint density at radius 3 is 0.912 bits per heavy atom. The summed E-state index contributed by atoms with van der Waals surface area (Å²) in [5, 5.41) is 0. The van der Waals surface area contributed by atoms with Gasteiger partial charge in [0.05, 0.1) is 0 Å². The van der Waals surface area contributed by atoms with E-state index in [0.29, 0.717) is 0 Å². The van der Waals surface area contributed by atoms with Crippen LogP contribution in [0.2, 0.25) is 0 Å². The quantitative estimate of drug-likeness (QED) is 0.0536. The lowest BCUT2D eigenvalue weighted by atomic mass is 9.92. The molecule has 6 aromatic rings. The maximum absolute atomic E-state index is 5.97. The zero-order valence-electron chi connectivity index (χ0n) is 34.9. The Labute approximate surface area is 344 Å². The number of anilines is 2. The van der Waals surface area contributed by atoms with Crippen molar-refractivity contribution in [1.29, 1.82) is 0 Å². The molecule has 0 saturated carbocycles. The highest BCUT2D eigenvalue weighted by atomic mass is 14.5. The predicted molar refractivity (Wildman–Crippen MR) is 246 cm³/mol. The second kappa shape index (κ2) is 22.0. The van der Waals surface area contributed by atoms with Crippen LogP contribution in [0.3, 0.4) is 0 Å². The molecule has 296 valence electrons. The monoisotopic (exact) mass is 755 g/mol. The summed E-state index contributed by atoms with van der Waals surface area (Å²) in [5.41, 5.74) is 30.4. The molecule has 0 aliphatic heterocycles. The molecule has 0 aliphatic rings. The second-order valence-electron chi connectivity index (χ2n) is 16.5. The van der Waals surface area contributed by atoms with Gasteiger partial charge >= 0.3 is 0 Å². The van der Waals surface area contributed by atoms with Crippen molar-refractivity contribution < 1.29 is 0 Å². The fourth-order valence-electron chi connectivity index (χ4n) is 8.19. The topological polar surface area (TPSA) is 52.0 Å². The van der Waals surface area contributed by atoms with Gasteiger partial charge in [-0.25, -0.2) is 0 Å². The van der Waals surface area contributed by atoms with Gasteiger partial charge in [-0.2, -0.15) is 0 Å². The molecule has 4 N–H and O–H groups in total. The molecule has 0 aliphatic carbocycles. The van der Waals surface area contributed by atoms with Crippen LogP contribution in [0.25, 0.3) is 0 Å². The van der Waals surface area contributed by atoms with E-state index in [0.717, 1.165) is 56.3 Å². The molecule has 6 rings (SSSR count). The van der Waals surface area contributed by atoms with Gasteiger partial charge in [0.15, 0.2) is 0 Å². The number of unbranched alkanes of at least 4 members (excludes halogenated alkanes) is 8. The van der Waals surface area contributed by atoms with Gasteiger partial charge in [-0.05, 0) is 149 Å². The van der Waals surface area contributed by atoms with E-state index in [-0.39, 0.29) is 0 Å². The Balaban J connectivity index is 1.06. The van der Waals surface area contributed by atoms with Crippen molar-refractivity contribution in [3.8, 4) is 0 Å². The van der Waals surface area contributed by atoms with Crippen LogP contribution >= 0.6 is 0 Å². The third-order valence-corrected chi connectivity index (χ3v) is 11.7. The fourth-order valence-corrected chi connectivity index (χ4v) is 8.19. The van der Waals surface area contributed by atoms with E-state index in [4.69, 9.17) is 11.5 Å². The first kappa shape index (κ1) is 41.6. The van der Waals surface area contributed by atoms with Gasteiger partial charge in [0.25, 0.3) is 0 Å². The number of hydrogen-bond acceptors (Lipinski definition) is 2. The summed E-state index contributed by atoms with van der Waals surface area (Å²) in [6.07, 6.45) is 20.1. The highest BCUT2D eigenvalue weighted by Gasteiger charge is 2.10. The van der Waals surface area contributed by atoms with Gasteiger partial charge in [-0.3, -0.25) is 0 Å². The molecule has 6 aromatic carbocycles. The first-order valence-electron chi connectivity index (χ1n) is 22.0. The summed E-state index contributed by atoms with van der Waals surface area (Å²) in [7, 11) is 0. The van der Waals surface area contributed by atoms with Crippen LogP contribution in [-0.2, 0) is 44.9 Å². The van der Waals surface area contributed by atoms with Crippen LogP contribution in [-0.4, -0.2) is 0 Å². The van der Waals surface area contributed by atoms with Crippen LogP contribution < -0.4 is 11.5 Å². The number of rotatable bonds is 22. The first-order valence-corrected chi connectivity index (χ1v) is 22.0. The van der Waals surface area contributed by atoms with Crippen molar-refractivity contribution in [1.82, 2.24) is 0 Å². The number of hydrogen-bond donors (Lipinski definition) is 2. The molecule has 0 fully saturated rings. The Morgan fingerprint density at radius 2 is 0.561 bits per heavy atom. The second-order valence-corrected chi connectivity index (χ2v) is 16.5. The molecule has 0 amide bonds. The van der Waals surface area contributed by atoms with Gasteiger partial charge in [-0.15, -0.1) is 0 Å². The lowest BCUT2D eigenvalue weighted by Crippen LogP contribution is -2.00. The molecule has 0 heterocycles. The van der Waals surface area contributed by atoms with Crippen molar-refractivity contribution in [2.24, 2.45) is 0 Å². The Morgan fingerprint density at radius 1 is 0.281 bits per heavy atom. The Hall–Kier alpha value is -5.08. The molecule has 0 aromatic heterocycles. The Bertz CT molecular complexity index is 1920. The summed E-state index contributed by atoms with van der Waals surface area (Å²) in [4.78, 5) is 0. The minimum absolute atomic E-state index is 0.825. The third-order valence-electron chi connectivity index (χ3n) is 11.7. The highest BCUT2D eigenvalue weighted by molar-refractivity contribution is 5.45. The molecule has 0 bridgehead atoms. The normalized spacial score (nSPS) is 11.3. The van der Waals surface area contributed by atoms with Crippen molar-refractivity contribution in [3.05, 3.63) is 200 Å². The highest BCUT2D eigenvalue weighted by Crippen LogP contribution is 2.25. The van der Waals surface area contributed by atoms with Crippen LogP contribution in [0.5, 0.6) is 0 Å². The first-order chi connectivity index (χ1) is 27.9. The Kier molecular flexibility index (Phi) is 16.0. The average molecular weight is 755 g/mol. The molecule has 2 heteroatoms. The molecule has 0 spiro atoms. The average Bonchev–Trinajstić information content (AvgIpc) is 3.22. The number of aryl methyl sites for hydroxylation is 2. The van der Waals surface area contributed by atoms with Gasteiger partial charge < -0.3 is 11.5 Å². The molecule has 0 unspecified atom stereocenters. The van der Waals surface area contributed by atoms with Crippen molar-refractivity contribution in [3.63, 3.8) is 0 Å². The van der Waals surface area contributed by atoms with E-state index < -0.39 is 0 Å². The summed E-state index contributed by atoms with van der Waals surface area (Å²) in [6, 6.07) is 49.7. The largest absolute Gasteiger partial charge is 0.399 e. The van der Waals surface area contributed by atoms with Crippen molar-refractivity contribution in [2.45, 2.75) is 123 Å². The maximum atomic E-state index is 5.97. The molecular formula is C55H66N2. The number of benzene rings is 6. The van der Waals surface area contributed by atoms with E-state index in [1.807, 2.05) is 24.3 Å². The van der Waals surface area contributed by atoms with Gasteiger partial charge in [0, 0.05) is 11.4 Å². The van der Waals surface area contributed by atoms with Crippen LogP contribution in [0.1, 0.15) is 145 Å². The van der Waals surface area contributed by atoms with Gasteiger partial charge in [0.1, 0.15) is 0 Å². The summed E-state index contributed by atoms with van der Waals surface area (Å²) in [5.74, 6) is 0. The van der Waals surface area contributed by atoms with Crippen LogP contribution in [0.15, 0.2) is 133 Å². The smallest absolute Gasteiger partial charge is 0.0314 e. The van der Waals surface area contributed by atoms with E-state index in [2.05, 4.69) is 123 Å².